The molecule has 460 valence electrons. The Morgan fingerprint density at radius 1 is 0.723 bits per heavy atom. The quantitative estimate of drug-likeness (QED) is 0.0328. The number of aromatic hydroxyl groups is 1. The molecule has 33 heteroatoms. The van der Waals surface area contributed by atoms with E-state index in [2.05, 4.69) is 42.5 Å². The second-order valence-corrected chi connectivity index (χ2v) is 22.6. The molecule has 1 aromatic rings. The van der Waals surface area contributed by atoms with Crippen LogP contribution in [0.5, 0.6) is 5.75 Å². The number of aliphatic carboxylic acids is 1. The van der Waals surface area contributed by atoms with Crippen molar-refractivity contribution >= 4 is 98.8 Å². The Kier molecular flexibility index (Phi) is 27.8. The lowest BCUT2D eigenvalue weighted by atomic mass is 10.1. The predicted octanol–water partition coefficient (Wildman–Crippen LogP) is -7.05. The Labute approximate surface area is 484 Å². The highest BCUT2D eigenvalue weighted by molar-refractivity contribution is 8.76. The van der Waals surface area contributed by atoms with Gasteiger partial charge in [0.15, 0.2) is 0 Å². The van der Waals surface area contributed by atoms with Crippen LogP contribution in [0.4, 0.5) is 0 Å². The third-order valence-corrected chi connectivity index (χ3v) is 16.1. The van der Waals surface area contributed by atoms with Crippen LogP contribution in [0.3, 0.4) is 0 Å². The summed E-state index contributed by atoms with van der Waals surface area (Å²) in [6, 6.07) is -12.0. The topological polar surface area (TPSA) is 504 Å². The summed E-state index contributed by atoms with van der Waals surface area (Å²) in [5.41, 5.74) is 17.0. The molecule has 0 radical (unpaired) electrons. The number of aliphatic hydroxyl groups excluding tert-OH is 3. The molecule has 3 fully saturated rings. The number of aliphatic hydroxyl groups is 3. The zero-order valence-corrected chi connectivity index (χ0v) is 47.2. The van der Waals surface area contributed by atoms with Crippen molar-refractivity contribution in [3.05, 3.63) is 29.8 Å². The van der Waals surface area contributed by atoms with Crippen molar-refractivity contribution in [2.45, 2.75) is 150 Å². The molecule has 0 saturated carbocycles. The molecule has 3 heterocycles. The van der Waals surface area contributed by atoms with Gasteiger partial charge in [0.1, 0.15) is 66.4 Å². The summed E-state index contributed by atoms with van der Waals surface area (Å²) in [4.78, 5) is 179. The molecule has 31 nitrogen and oxygen atoms in total. The smallest absolute Gasteiger partial charge is 0.326 e. The number of benzene rings is 1. The molecule has 12 atom stereocenters. The Hall–Kier alpha value is -7.17. The van der Waals surface area contributed by atoms with Gasteiger partial charge in [0.25, 0.3) is 0 Å². The van der Waals surface area contributed by atoms with E-state index in [0.717, 1.165) is 33.4 Å². The summed E-state index contributed by atoms with van der Waals surface area (Å²) in [5.74, 6) is -13.6. The van der Waals surface area contributed by atoms with Gasteiger partial charge >= 0.3 is 5.97 Å². The fourth-order valence-corrected chi connectivity index (χ4v) is 11.6. The Bertz CT molecular complexity index is 2500. The molecule has 19 N–H and O–H groups in total. The normalized spacial score (nSPS) is 26.1. The highest BCUT2D eigenvalue weighted by atomic mass is 33.1. The van der Waals surface area contributed by atoms with E-state index in [4.69, 9.17) is 17.2 Å². The van der Waals surface area contributed by atoms with Gasteiger partial charge in [-0.2, -0.15) is 0 Å². The van der Waals surface area contributed by atoms with E-state index in [-0.39, 0.29) is 82.4 Å². The van der Waals surface area contributed by atoms with Crippen molar-refractivity contribution in [1.29, 1.82) is 0 Å². The number of phenolic OH excluding ortho intramolecular Hbond substituents is 1. The lowest BCUT2D eigenvalue weighted by Crippen LogP contribution is -2.62. The number of primary amides is 2. The van der Waals surface area contributed by atoms with E-state index >= 15 is 0 Å². The number of aldehydes is 1. The Morgan fingerprint density at radius 3 is 1.89 bits per heavy atom. The maximum Gasteiger partial charge on any atom is 0.326 e. The molecule has 4 rings (SSSR count). The number of nitrogens with two attached hydrogens (primary N) is 3. The molecule has 3 saturated heterocycles. The standard InChI is InChI=1S/C50H75N13O18S2/c1-25(67)40-47(77)56-29(6-2-3-15-51)41(71)59-33(22-66)43(73)57-31(19-39(53)70)48(78)63-17-5-8-37(63)49(79)62-16-4-7-36(62)46(76)55-30(13-14-38(52)69)42(72)60-35(24-83-82-23-34(45(75)61-40)54-27(20-64)21-65)44(74)58-32(50(80)81)18-26-9-11-28(68)12-10-26/h9-12,20,25,27,29-37,40,54,65-68H,2-8,13-19,21-24,51H2,1H3,(H2,52,69)(H2,53,70)(H,55,76)(H,56,77)(H,57,73)(H,58,74)(H,59,71)(H,60,72)(H,61,75)(H,80,81)/t25-,27-,29-,30-,31-,32+,33+,34-,35-,36+,37+,40+/m1/s1. The minimum atomic E-state index is -1.85. The highest BCUT2D eigenvalue weighted by Crippen LogP contribution is 2.27. The van der Waals surface area contributed by atoms with Crippen LogP contribution in [0.25, 0.3) is 0 Å². The molecular formula is C50H75N13O18S2. The molecule has 3 aliphatic rings. The summed E-state index contributed by atoms with van der Waals surface area (Å²) in [5, 5.41) is 70.5. The third-order valence-electron chi connectivity index (χ3n) is 13.7. The highest BCUT2D eigenvalue weighted by Gasteiger charge is 2.45. The van der Waals surface area contributed by atoms with E-state index in [1.54, 1.807) is 0 Å². The minimum Gasteiger partial charge on any atom is -0.508 e. The molecule has 0 aromatic heterocycles. The monoisotopic (exact) mass is 1210 g/mol. The molecule has 0 spiro atoms. The van der Waals surface area contributed by atoms with Crippen LogP contribution in [0.1, 0.15) is 76.7 Å². The number of phenols is 1. The molecule has 11 amide bonds. The number of unbranched alkanes of at least 4 members (excludes halogenated alkanes) is 1. The van der Waals surface area contributed by atoms with Crippen LogP contribution in [-0.4, -0.2) is 229 Å². The average molecular weight is 1210 g/mol. The lowest BCUT2D eigenvalue weighted by molar-refractivity contribution is -0.148. The number of carboxylic acids is 1. The SMILES string of the molecule is C[C@@H](O)[C@@H]1NC(=O)[C@H](N[C@H](C=O)CO)CSSC[C@H](C(=O)N[C@@H](Cc2ccc(O)cc2)C(=O)O)NC(=O)[C@@H](CCC(N)=O)NC(=O)[C@@H]2CCCN2C(=O)[C@@H]2CCCN2C(=O)[C@@H](CC(N)=O)NC(=O)[C@H](CO)NC(=O)[C@@H](CCCCN)NC1=O. The maximum atomic E-state index is 14.5. The first kappa shape index (κ1) is 68.3. The zero-order chi connectivity index (χ0) is 61.5. The van der Waals surface area contributed by atoms with Crippen LogP contribution in [0, 0.1) is 0 Å². The largest absolute Gasteiger partial charge is 0.508 e. The van der Waals surface area contributed by atoms with Crippen molar-refractivity contribution in [3.63, 3.8) is 0 Å². The maximum absolute atomic E-state index is 14.5. The number of rotatable bonds is 20. The summed E-state index contributed by atoms with van der Waals surface area (Å²) >= 11 is 0. The molecular weight excluding hydrogens is 1130 g/mol. The van der Waals surface area contributed by atoms with E-state index in [1.807, 2.05) is 0 Å². The third kappa shape index (κ3) is 20.9. The Balaban J connectivity index is 1.80. The number of carbonyl (C=O) groups is 13. The molecule has 1 aromatic carbocycles. The van der Waals surface area contributed by atoms with Gasteiger partial charge in [-0.25, -0.2) is 4.79 Å². The van der Waals surface area contributed by atoms with Gasteiger partial charge in [0, 0.05) is 37.4 Å². The molecule has 0 unspecified atom stereocenters. The number of carbonyl (C=O) groups excluding carboxylic acids is 12. The van der Waals surface area contributed by atoms with E-state index in [1.165, 1.54) is 29.2 Å². The van der Waals surface area contributed by atoms with Crippen LogP contribution in [0.2, 0.25) is 0 Å². The number of nitrogens with zero attached hydrogens (tertiary/aromatic N) is 2. The lowest BCUT2D eigenvalue weighted by Gasteiger charge is -2.33. The van der Waals surface area contributed by atoms with Crippen molar-refractivity contribution in [2.75, 3.05) is 44.4 Å². The first-order valence-electron chi connectivity index (χ1n) is 26.8. The van der Waals surface area contributed by atoms with Crippen molar-refractivity contribution < 1.29 is 87.9 Å². The van der Waals surface area contributed by atoms with Gasteiger partial charge in [-0.1, -0.05) is 33.7 Å². The Morgan fingerprint density at radius 2 is 1.30 bits per heavy atom. The first-order valence-corrected chi connectivity index (χ1v) is 29.3. The van der Waals surface area contributed by atoms with Crippen LogP contribution < -0.4 is 59.7 Å². The van der Waals surface area contributed by atoms with Gasteiger partial charge in [-0.3, -0.25) is 58.1 Å². The van der Waals surface area contributed by atoms with Crippen LogP contribution in [0.15, 0.2) is 24.3 Å². The summed E-state index contributed by atoms with van der Waals surface area (Å²) in [6.45, 7) is -0.743. The first-order chi connectivity index (χ1) is 39.4. The van der Waals surface area contributed by atoms with E-state index in [9.17, 15) is 87.9 Å². The van der Waals surface area contributed by atoms with Gasteiger partial charge in [0.2, 0.25) is 65.0 Å². The summed E-state index contributed by atoms with van der Waals surface area (Å²) < 4.78 is 0. The van der Waals surface area contributed by atoms with Gasteiger partial charge in [-0.15, -0.1) is 0 Å². The average Bonchev–Trinajstić information content (AvgIpc) is 4.39. The van der Waals surface area contributed by atoms with Crippen LogP contribution >= 0.6 is 21.6 Å². The number of nitrogens with one attached hydrogen (secondary N) is 8. The number of amides is 11. The number of fused-ring (bicyclic) bond motifs is 2. The fourth-order valence-electron chi connectivity index (χ4n) is 9.25. The number of hydrogen-bond acceptors (Lipinski definition) is 21. The summed E-state index contributed by atoms with van der Waals surface area (Å²) in [6.07, 6.45) is -2.53. The fraction of sp³-hybridized carbons (Fsp3) is 0.620. The van der Waals surface area contributed by atoms with Gasteiger partial charge < -0.3 is 94.5 Å². The van der Waals surface area contributed by atoms with Crippen molar-refractivity contribution in [3.8, 4) is 5.75 Å². The zero-order valence-electron chi connectivity index (χ0n) is 45.5. The van der Waals surface area contributed by atoms with Gasteiger partial charge in [-0.05, 0) is 82.5 Å². The predicted molar refractivity (Wildman–Crippen MR) is 295 cm³/mol. The second kappa shape index (κ2) is 33.8. The van der Waals surface area contributed by atoms with Crippen LogP contribution in [-0.2, 0) is 68.7 Å². The van der Waals surface area contributed by atoms with Gasteiger partial charge in [0.05, 0.1) is 37.8 Å². The second-order valence-electron chi connectivity index (χ2n) is 20.0. The van der Waals surface area contributed by atoms with E-state index in [0.29, 0.717) is 12.0 Å². The number of hydrogen-bond donors (Lipinski definition) is 16. The van der Waals surface area contributed by atoms with Crippen molar-refractivity contribution in [2.24, 2.45) is 17.2 Å². The minimum absolute atomic E-state index is 0.0137. The molecule has 0 bridgehead atoms. The molecule has 0 aliphatic carbocycles. The summed E-state index contributed by atoms with van der Waals surface area (Å²) in [7, 11) is 1.66. The van der Waals surface area contributed by atoms with Crippen molar-refractivity contribution in [1.82, 2.24) is 52.3 Å². The van der Waals surface area contributed by atoms with E-state index < -0.39 is 182 Å². The number of carboxylic acid groups (broad SMARTS) is 1. The molecule has 3 aliphatic heterocycles. The molecule has 83 heavy (non-hydrogen) atoms.